The maximum absolute atomic E-state index is 11.8. The van der Waals surface area contributed by atoms with E-state index in [9.17, 15) is 4.79 Å². The first-order chi connectivity index (χ1) is 18.2. The van der Waals surface area contributed by atoms with E-state index in [-0.39, 0.29) is 11.5 Å². The molecule has 2 aliphatic carbocycles. The van der Waals surface area contributed by atoms with E-state index in [4.69, 9.17) is 16.0 Å². The Labute approximate surface area is 226 Å². The van der Waals surface area contributed by atoms with Crippen molar-refractivity contribution in [3.05, 3.63) is 87.9 Å². The van der Waals surface area contributed by atoms with Gasteiger partial charge in [0.1, 0.15) is 18.1 Å². The van der Waals surface area contributed by atoms with Gasteiger partial charge in [-0.05, 0) is 103 Å². The molecule has 5 heteroatoms. The summed E-state index contributed by atoms with van der Waals surface area (Å²) in [6.45, 7) is 18.2. The number of ketones is 1. The molecule has 0 unspecified atom stereocenters. The molecule has 1 fully saturated rings. The van der Waals surface area contributed by atoms with Crippen molar-refractivity contribution in [1.82, 2.24) is 4.98 Å². The van der Waals surface area contributed by atoms with Crippen LogP contribution >= 0.6 is 0 Å². The van der Waals surface area contributed by atoms with Crippen LogP contribution in [0, 0.1) is 32.3 Å². The second kappa shape index (κ2) is 10.3. The van der Waals surface area contributed by atoms with Crippen LogP contribution in [-0.2, 0) is 17.8 Å². The summed E-state index contributed by atoms with van der Waals surface area (Å²) in [6, 6.07) is 14.7. The molecule has 1 heterocycles. The number of hydrogen-bond donors (Lipinski definition) is 0. The van der Waals surface area contributed by atoms with Gasteiger partial charge in [-0.1, -0.05) is 18.2 Å². The Morgan fingerprint density at radius 3 is 2.61 bits per heavy atom. The summed E-state index contributed by atoms with van der Waals surface area (Å²) in [5, 5.41) is 0. The van der Waals surface area contributed by atoms with Gasteiger partial charge in [-0.25, -0.2) is 11.6 Å². The van der Waals surface area contributed by atoms with Crippen molar-refractivity contribution < 1.29 is 14.3 Å². The maximum atomic E-state index is 11.8. The molecular weight excluding hydrogens is 472 g/mol. The van der Waals surface area contributed by atoms with Crippen LogP contribution in [-0.4, -0.2) is 22.9 Å². The lowest BCUT2D eigenvalue weighted by molar-refractivity contribution is -0.118. The molecular formula is C33H36N2O3. The topological polar surface area (TPSA) is 52.8 Å². The third-order valence-electron chi connectivity index (χ3n) is 8.06. The molecule has 3 aromatic rings. The Hall–Kier alpha value is -3.65. The number of carbonyl (C=O) groups is 1. The molecule has 5 nitrogen and oxygen atoms in total. The highest BCUT2D eigenvalue weighted by Gasteiger charge is 2.58. The van der Waals surface area contributed by atoms with E-state index in [0.717, 1.165) is 36.1 Å². The van der Waals surface area contributed by atoms with Crippen LogP contribution in [0.2, 0.25) is 0 Å². The van der Waals surface area contributed by atoms with Crippen molar-refractivity contribution in [2.24, 2.45) is 11.8 Å². The second-order valence-electron chi connectivity index (χ2n) is 11.5. The SMILES string of the molecule is [C-]#[N+]C(C)(C)CCCOc1cc(C)c(-c2cccc(COc3cc4c(cn3)[C@H]3[C@@H](C4)[C@@H]3C(C)=O)c2)c(C)c1. The average molecular weight is 509 g/mol. The number of pyridine rings is 1. The molecule has 1 aromatic heterocycles. The lowest BCUT2D eigenvalue weighted by Crippen LogP contribution is -2.15. The first-order valence-electron chi connectivity index (χ1n) is 13.5. The van der Waals surface area contributed by atoms with Crippen LogP contribution in [0.25, 0.3) is 16.0 Å². The zero-order valence-electron chi connectivity index (χ0n) is 23.0. The monoisotopic (exact) mass is 508 g/mol. The maximum Gasteiger partial charge on any atom is 0.227 e. The Morgan fingerprint density at radius 2 is 1.89 bits per heavy atom. The lowest BCUT2D eigenvalue weighted by Gasteiger charge is -2.16. The molecule has 2 aromatic carbocycles. The standard InChI is InChI=1S/C33H36N2O3/c1-20-13-26(37-12-8-11-33(4,5)34-6)14-21(2)30(20)24-10-7-9-23(15-24)19-38-29-17-25-16-27-31(22(3)36)32(27)28(25)18-35-29/h7,9-10,13-15,17-18,27,31-32H,8,11-12,16,19H2,1-5H3/t27-,31-,32+/m0/s1. The van der Waals surface area contributed by atoms with E-state index >= 15 is 0 Å². The fraction of sp³-hybridized carbons (Fsp3) is 0.424. The van der Waals surface area contributed by atoms with Crippen molar-refractivity contribution >= 4 is 5.78 Å². The van der Waals surface area contributed by atoms with E-state index in [1.807, 2.05) is 20.0 Å². The minimum Gasteiger partial charge on any atom is -0.494 e. The predicted molar refractivity (Wildman–Crippen MR) is 149 cm³/mol. The molecule has 0 amide bonds. The van der Waals surface area contributed by atoms with E-state index in [0.29, 0.717) is 36.7 Å². The summed E-state index contributed by atoms with van der Waals surface area (Å²) in [7, 11) is 0. The number of fused-ring (bicyclic) bond motifs is 3. The molecule has 0 bridgehead atoms. The minimum atomic E-state index is -0.329. The number of rotatable bonds is 10. The number of aryl methyl sites for hydroxylation is 2. The molecule has 0 N–H and O–H groups in total. The van der Waals surface area contributed by atoms with Gasteiger partial charge in [0.2, 0.25) is 11.4 Å². The van der Waals surface area contributed by atoms with Gasteiger partial charge in [-0.15, -0.1) is 0 Å². The first kappa shape index (κ1) is 26.0. The van der Waals surface area contributed by atoms with Gasteiger partial charge in [0, 0.05) is 38.4 Å². The highest BCUT2D eigenvalue weighted by molar-refractivity contribution is 5.84. The van der Waals surface area contributed by atoms with Gasteiger partial charge >= 0.3 is 0 Å². The quantitative estimate of drug-likeness (QED) is 0.213. The van der Waals surface area contributed by atoms with E-state index in [1.165, 1.54) is 27.8 Å². The van der Waals surface area contributed by atoms with E-state index in [1.54, 1.807) is 6.92 Å². The molecule has 5 rings (SSSR count). The molecule has 196 valence electrons. The van der Waals surface area contributed by atoms with Crippen LogP contribution in [0.5, 0.6) is 11.6 Å². The Kier molecular flexibility index (Phi) is 7.01. The van der Waals surface area contributed by atoms with Crippen molar-refractivity contribution in [3.63, 3.8) is 0 Å². The van der Waals surface area contributed by atoms with E-state index < -0.39 is 0 Å². The van der Waals surface area contributed by atoms with Crippen molar-refractivity contribution in [3.8, 4) is 22.8 Å². The molecule has 2 aliphatic rings. The smallest absolute Gasteiger partial charge is 0.227 e. The summed E-state index contributed by atoms with van der Waals surface area (Å²) >= 11 is 0. The van der Waals surface area contributed by atoms with Gasteiger partial charge in [0.25, 0.3) is 0 Å². The van der Waals surface area contributed by atoms with E-state index in [2.05, 4.69) is 66.1 Å². The van der Waals surface area contributed by atoms with Crippen molar-refractivity contribution in [1.29, 1.82) is 0 Å². The van der Waals surface area contributed by atoms with Crippen LogP contribution in [0.15, 0.2) is 48.7 Å². The zero-order chi connectivity index (χ0) is 27.0. The molecule has 3 atom stereocenters. The third kappa shape index (κ3) is 5.31. The number of Topliss-reactive ketones (excluding diaryl/α,β-unsaturated/α-hetero) is 1. The van der Waals surface area contributed by atoms with Gasteiger partial charge in [-0.3, -0.25) is 4.79 Å². The van der Waals surface area contributed by atoms with Gasteiger partial charge in [0.15, 0.2) is 0 Å². The summed E-state index contributed by atoms with van der Waals surface area (Å²) in [6.07, 6.45) is 4.55. The number of benzene rings is 2. The van der Waals surface area contributed by atoms with Crippen LogP contribution in [0.3, 0.4) is 0 Å². The molecule has 0 saturated heterocycles. The van der Waals surface area contributed by atoms with Crippen LogP contribution < -0.4 is 9.47 Å². The average Bonchev–Trinajstić information content (AvgIpc) is 3.48. The normalized spacial score (nSPS) is 19.3. The van der Waals surface area contributed by atoms with Gasteiger partial charge in [0.05, 0.1) is 6.61 Å². The number of hydrogen-bond acceptors (Lipinski definition) is 4. The summed E-state index contributed by atoms with van der Waals surface area (Å²) in [5.41, 5.74) is 7.97. The largest absolute Gasteiger partial charge is 0.494 e. The number of ether oxygens (including phenoxy) is 2. The number of aromatic nitrogens is 1. The summed E-state index contributed by atoms with van der Waals surface area (Å²) in [5.74, 6) is 2.86. The van der Waals surface area contributed by atoms with Gasteiger partial charge in [-0.2, -0.15) is 0 Å². The molecule has 0 radical (unpaired) electrons. The fourth-order valence-corrected chi connectivity index (χ4v) is 6.09. The Morgan fingerprint density at radius 1 is 1.13 bits per heavy atom. The molecule has 38 heavy (non-hydrogen) atoms. The van der Waals surface area contributed by atoms with Crippen molar-refractivity contribution in [2.45, 2.75) is 71.9 Å². The second-order valence-corrected chi connectivity index (χ2v) is 11.5. The summed E-state index contributed by atoms with van der Waals surface area (Å²) < 4.78 is 12.1. The number of carbonyl (C=O) groups excluding carboxylic acids is 1. The molecule has 0 spiro atoms. The predicted octanol–water partition coefficient (Wildman–Crippen LogP) is 7.28. The minimum absolute atomic E-state index is 0.203. The molecule has 1 saturated carbocycles. The first-order valence-corrected chi connectivity index (χ1v) is 13.5. The Bertz CT molecular complexity index is 1390. The molecule has 0 aliphatic heterocycles. The lowest BCUT2D eigenvalue weighted by atomic mass is 9.94. The Balaban J connectivity index is 1.22. The number of nitrogens with zero attached hydrogens (tertiary/aromatic N) is 2. The highest BCUT2D eigenvalue weighted by atomic mass is 16.5. The third-order valence-corrected chi connectivity index (χ3v) is 8.06. The van der Waals surface area contributed by atoms with Crippen LogP contribution in [0.1, 0.15) is 67.3 Å². The fourth-order valence-electron chi connectivity index (χ4n) is 6.09. The van der Waals surface area contributed by atoms with Crippen LogP contribution in [0.4, 0.5) is 0 Å². The summed E-state index contributed by atoms with van der Waals surface area (Å²) in [4.78, 5) is 20.0. The van der Waals surface area contributed by atoms with Crippen molar-refractivity contribution in [2.75, 3.05) is 6.61 Å². The van der Waals surface area contributed by atoms with Gasteiger partial charge < -0.3 is 14.3 Å². The zero-order valence-corrected chi connectivity index (χ0v) is 23.0. The highest BCUT2D eigenvalue weighted by Crippen LogP contribution is 2.61.